The lowest BCUT2D eigenvalue weighted by atomic mass is 10.2. The van der Waals surface area contributed by atoms with Crippen molar-refractivity contribution in [2.75, 3.05) is 18.5 Å². The minimum Gasteiger partial charge on any atom is -0.454 e. The van der Waals surface area contributed by atoms with E-state index in [-0.39, 0.29) is 10.6 Å². The van der Waals surface area contributed by atoms with Gasteiger partial charge in [-0.3, -0.25) is 14.4 Å². The van der Waals surface area contributed by atoms with Gasteiger partial charge in [-0.05, 0) is 36.4 Å². The molecule has 0 fully saturated rings. The molecule has 0 unspecified atom stereocenters. The predicted octanol–water partition coefficient (Wildman–Crippen LogP) is 3.04. The van der Waals surface area contributed by atoms with Crippen LogP contribution in [-0.2, 0) is 14.3 Å². The molecule has 2 rings (SSSR count). The van der Waals surface area contributed by atoms with Crippen molar-refractivity contribution < 1.29 is 23.5 Å². The third-order valence-electron chi connectivity index (χ3n) is 3.05. The minimum absolute atomic E-state index is 0.0650. The molecule has 0 heterocycles. The Labute approximate surface area is 158 Å². The molecule has 0 saturated heterocycles. The molecule has 0 bridgehead atoms. The SMILES string of the molecule is O=C(COC(=O)CNC(=O)c1cccc(F)c1)Nc1ccc(Cl)c(Cl)c1. The lowest BCUT2D eigenvalue weighted by Gasteiger charge is -2.08. The first-order chi connectivity index (χ1) is 12.3. The van der Waals surface area contributed by atoms with Crippen LogP contribution in [0.4, 0.5) is 10.1 Å². The third-order valence-corrected chi connectivity index (χ3v) is 3.79. The summed E-state index contributed by atoms with van der Waals surface area (Å²) in [4.78, 5) is 35.0. The Balaban J connectivity index is 1.74. The van der Waals surface area contributed by atoms with E-state index in [1.54, 1.807) is 0 Å². The molecule has 0 aliphatic carbocycles. The lowest BCUT2D eigenvalue weighted by molar-refractivity contribution is -0.146. The van der Waals surface area contributed by atoms with E-state index >= 15 is 0 Å². The molecule has 2 N–H and O–H groups in total. The summed E-state index contributed by atoms with van der Waals surface area (Å²) in [6.45, 7) is -1.01. The second-order valence-corrected chi connectivity index (χ2v) is 5.85. The highest BCUT2D eigenvalue weighted by Gasteiger charge is 2.12. The van der Waals surface area contributed by atoms with E-state index in [0.717, 1.165) is 6.07 Å². The maximum Gasteiger partial charge on any atom is 0.325 e. The molecule has 2 aromatic rings. The van der Waals surface area contributed by atoms with Crippen LogP contribution in [-0.4, -0.2) is 30.9 Å². The highest BCUT2D eigenvalue weighted by atomic mass is 35.5. The van der Waals surface area contributed by atoms with E-state index in [0.29, 0.717) is 10.7 Å². The average Bonchev–Trinajstić information content (AvgIpc) is 2.61. The van der Waals surface area contributed by atoms with Crippen LogP contribution in [0.25, 0.3) is 0 Å². The molecule has 2 aromatic carbocycles. The average molecular weight is 399 g/mol. The van der Waals surface area contributed by atoms with Crippen LogP contribution in [0, 0.1) is 5.82 Å². The molecule has 0 aliphatic heterocycles. The number of carbonyl (C=O) groups excluding carboxylic acids is 3. The Kier molecular flexibility index (Phi) is 6.94. The van der Waals surface area contributed by atoms with Crippen LogP contribution in [0.5, 0.6) is 0 Å². The third kappa shape index (κ3) is 6.02. The van der Waals surface area contributed by atoms with Gasteiger partial charge in [-0.1, -0.05) is 29.3 Å². The number of ether oxygens (including phenoxy) is 1. The van der Waals surface area contributed by atoms with Crippen molar-refractivity contribution in [3.8, 4) is 0 Å². The highest BCUT2D eigenvalue weighted by molar-refractivity contribution is 6.42. The molecule has 2 amide bonds. The molecule has 0 aromatic heterocycles. The van der Waals surface area contributed by atoms with E-state index < -0.39 is 36.8 Å². The van der Waals surface area contributed by atoms with Gasteiger partial charge >= 0.3 is 5.97 Å². The van der Waals surface area contributed by atoms with Crippen molar-refractivity contribution in [3.63, 3.8) is 0 Å². The smallest absolute Gasteiger partial charge is 0.325 e. The van der Waals surface area contributed by atoms with Gasteiger partial charge in [0.15, 0.2) is 6.61 Å². The number of carbonyl (C=O) groups is 3. The summed E-state index contributed by atoms with van der Waals surface area (Å²) >= 11 is 11.6. The number of benzene rings is 2. The monoisotopic (exact) mass is 398 g/mol. The van der Waals surface area contributed by atoms with Gasteiger partial charge in [0, 0.05) is 11.3 Å². The zero-order valence-electron chi connectivity index (χ0n) is 13.2. The number of amides is 2. The van der Waals surface area contributed by atoms with E-state index in [1.165, 1.54) is 36.4 Å². The topological polar surface area (TPSA) is 84.5 Å². The summed E-state index contributed by atoms with van der Waals surface area (Å²) in [6, 6.07) is 9.48. The summed E-state index contributed by atoms with van der Waals surface area (Å²) in [7, 11) is 0. The summed E-state index contributed by atoms with van der Waals surface area (Å²) in [5.74, 6) is -2.62. The first-order valence-electron chi connectivity index (χ1n) is 7.29. The zero-order valence-corrected chi connectivity index (χ0v) is 14.7. The number of hydrogen-bond donors (Lipinski definition) is 2. The van der Waals surface area contributed by atoms with E-state index in [4.69, 9.17) is 27.9 Å². The molecule has 0 atom stereocenters. The second-order valence-electron chi connectivity index (χ2n) is 5.03. The van der Waals surface area contributed by atoms with Crippen molar-refractivity contribution >= 4 is 46.7 Å². The molecule has 0 saturated carbocycles. The molecular weight excluding hydrogens is 386 g/mol. The molecule has 26 heavy (non-hydrogen) atoms. The largest absolute Gasteiger partial charge is 0.454 e. The van der Waals surface area contributed by atoms with Gasteiger partial charge in [0.25, 0.3) is 11.8 Å². The van der Waals surface area contributed by atoms with Crippen LogP contribution in [0.2, 0.25) is 10.0 Å². The fourth-order valence-electron chi connectivity index (χ4n) is 1.85. The van der Waals surface area contributed by atoms with Gasteiger partial charge in [0.1, 0.15) is 12.4 Å². The van der Waals surface area contributed by atoms with E-state index in [9.17, 15) is 18.8 Å². The minimum atomic E-state index is -0.820. The molecule has 0 aliphatic rings. The Bertz CT molecular complexity index is 845. The fraction of sp³-hybridized carbons (Fsp3) is 0.118. The normalized spacial score (nSPS) is 10.1. The van der Waals surface area contributed by atoms with Gasteiger partial charge in [-0.15, -0.1) is 0 Å². The van der Waals surface area contributed by atoms with E-state index in [1.807, 2.05) is 0 Å². The van der Waals surface area contributed by atoms with Crippen molar-refractivity contribution in [3.05, 3.63) is 63.9 Å². The molecule has 0 radical (unpaired) electrons. The molecule has 6 nitrogen and oxygen atoms in total. The van der Waals surface area contributed by atoms with Crippen LogP contribution < -0.4 is 10.6 Å². The van der Waals surface area contributed by atoms with Crippen LogP contribution in [0.15, 0.2) is 42.5 Å². The standard InChI is InChI=1S/C17H13Cl2FN2O4/c18-13-5-4-12(7-14(13)19)22-15(23)9-26-16(24)8-21-17(25)10-2-1-3-11(20)6-10/h1-7H,8-9H2,(H,21,25)(H,22,23). The number of halogens is 3. The van der Waals surface area contributed by atoms with Crippen molar-refractivity contribution in [1.82, 2.24) is 5.32 Å². The first kappa shape index (κ1) is 19.7. The number of esters is 1. The summed E-state index contributed by atoms with van der Waals surface area (Å²) < 4.78 is 17.8. The zero-order chi connectivity index (χ0) is 19.1. The van der Waals surface area contributed by atoms with Gasteiger partial charge in [0.2, 0.25) is 0 Å². The Morgan fingerprint density at radius 1 is 1.04 bits per heavy atom. The van der Waals surface area contributed by atoms with E-state index in [2.05, 4.69) is 10.6 Å². The van der Waals surface area contributed by atoms with Crippen molar-refractivity contribution in [1.29, 1.82) is 0 Å². The predicted molar refractivity (Wildman–Crippen MR) is 94.8 cm³/mol. The lowest BCUT2D eigenvalue weighted by Crippen LogP contribution is -2.32. The van der Waals surface area contributed by atoms with Crippen LogP contribution >= 0.6 is 23.2 Å². The van der Waals surface area contributed by atoms with Gasteiger partial charge < -0.3 is 15.4 Å². The maximum atomic E-state index is 13.0. The summed E-state index contributed by atoms with van der Waals surface area (Å²) in [6.07, 6.45) is 0. The van der Waals surface area contributed by atoms with Gasteiger partial charge in [-0.2, -0.15) is 0 Å². The first-order valence-corrected chi connectivity index (χ1v) is 8.05. The number of nitrogens with one attached hydrogen (secondary N) is 2. The quantitative estimate of drug-likeness (QED) is 0.732. The highest BCUT2D eigenvalue weighted by Crippen LogP contribution is 2.24. The van der Waals surface area contributed by atoms with Crippen molar-refractivity contribution in [2.45, 2.75) is 0 Å². The van der Waals surface area contributed by atoms with Crippen LogP contribution in [0.1, 0.15) is 10.4 Å². The second kappa shape index (κ2) is 9.17. The maximum absolute atomic E-state index is 13.0. The number of anilines is 1. The molecule has 9 heteroatoms. The van der Waals surface area contributed by atoms with Crippen molar-refractivity contribution in [2.24, 2.45) is 0 Å². The Morgan fingerprint density at radius 2 is 1.81 bits per heavy atom. The molecule has 136 valence electrons. The van der Waals surface area contributed by atoms with Gasteiger partial charge in [-0.25, -0.2) is 4.39 Å². The fourth-order valence-corrected chi connectivity index (χ4v) is 2.15. The Morgan fingerprint density at radius 3 is 2.50 bits per heavy atom. The number of rotatable bonds is 6. The Hall–Kier alpha value is -2.64. The molecule has 0 spiro atoms. The summed E-state index contributed by atoms with van der Waals surface area (Å²) in [5.41, 5.74) is 0.454. The number of hydrogen-bond acceptors (Lipinski definition) is 4. The van der Waals surface area contributed by atoms with Gasteiger partial charge in [0.05, 0.1) is 10.0 Å². The summed E-state index contributed by atoms with van der Waals surface area (Å²) in [5, 5.41) is 5.35. The van der Waals surface area contributed by atoms with Crippen LogP contribution in [0.3, 0.4) is 0 Å². The molecular formula is C17H13Cl2FN2O4.